The van der Waals surface area contributed by atoms with Crippen LogP contribution in [0.25, 0.3) is 0 Å². The number of fused-ring (bicyclic) bond motifs is 1. The first-order valence-corrected chi connectivity index (χ1v) is 10.3. The van der Waals surface area contributed by atoms with E-state index in [4.69, 9.17) is 15.2 Å². The van der Waals surface area contributed by atoms with Gasteiger partial charge in [0.1, 0.15) is 19.3 Å². The first-order chi connectivity index (χ1) is 14.0. The lowest BCUT2D eigenvalue weighted by Crippen LogP contribution is -2.52. The fourth-order valence-electron chi connectivity index (χ4n) is 3.85. The van der Waals surface area contributed by atoms with Gasteiger partial charge in [0.05, 0.1) is 0 Å². The minimum absolute atomic E-state index is 0.0619. The largest absolute Gasteiger partial charge is 0.486 e. The number of ether oxygens (including phenoxy) is 2. The number of unbranched alkanes of at least 4 members (excludes halogenated alkanes) is 1. The number of rotatable bonds is 7. The molecule has 1 fully saturated rings. The van der Waals surface area contributed by atoms with E-state index in [1.54, 1.807) is 23.1 Å². The van der Waals surface area contributed by atoms with Crippen LogP contribution in [0.4, 0.5) is 4.79 Å². The second-order valence-electron chi connectivity index (χ2n) is 7.53. The van der Waals surface area contributed by atoms with E-state index in [0.717, 1.165) is 12.8 Å². The van der Waals surface area contributed by atoms with Gasteiger partial charge in [0, 0.05) is 24.6 Å². The van der Waals surface area contributed by atoms with Gasteiger partial charge in [0.25, 0.3) is 0 Å². The summed E-state index contributed by atoms with van der Waals surface area (Å²) in [6, 6.07) is 3.99. The minimum Gasteiger partial charge on any atom is -0.486 e. The Kier molecular flexibility index (Phi) is 6.95. The average Bonchev–Trinajstić information content (AvgIpc) is 2.75. The number of carbonyl (C=O) groups excluding carboxylic acids is 3. The van der Waals surface area contributed by atoms with Crippen molar-refractivity contribution in [1.82, 2.24) is 10.2 Å². The number of amides is 3. The Balaban J connectivity index is 1.58. The Morgan fingerprint density at radius 1 is 1.17 bits per heavy atom. The molecule has 0 saturated carbocycles. The van der Waals surface area contributed by atoms with E-state index >= 15 is 0 Å². The highest BCUT2D eigenvalue weighted by Gasteiger charge is 2.31. The number of likely N-dealkylation sites (tertiary alicyclic amines) is 1. The monoisotopic (exact) mass is 403 g/mol. The van der Waals surface area contributed by atoms with Gasteiger partial charge in [-0.3, -0.25) is 9.59 Å². The van der Waals surface area contributed by atoms with E-state index in [2.05, 4.69) is 5.32 Å². The highest BCUT2D eigenvalue weighted by Crippen LogP contribution is 2.32. The fourth-order valence-corrected chi connectivity index (χ4v) is 3.85. The number of nitrogens with one attached hydrogen (secondary N) is 1. The molecule has 0 radical (unpaired) electrons. The van der Waals surface area contributed by atoms with E-state index in [1.165, 1.54) is 0 Å². The minimum atomic E-state index is -0.692. The molecule has 1 atom stereocenters. The molecule has 3 amide bonds. The third-order valence-corrected chi connectivity index (χ3v) is 5.47. The summed E-state index contributed by atoms with van der Waals surface area (Å²) in [5.41, 5.74) is 5.83. The molecule has 0 aliphatic carbocycles. The number of nitrogens with two attached hydrogens (primary N) is 1. The van der Waals surface area contributed by atoms with Gasteiger partial charge in [-0.05, 0) is 37.5 Å². The normalized spacial score (nSPS) is 17.5. The van der Waals surface area contributed by atoms with Crippen LogP contribution >= 0.6 is 0 Å². The summed E-state index contributed by atoms with van der Waals surface area (Å²) in [7, 11) is 0. The smallest absolute Gasteiger partial charge is 0.312 e. The van der Waals surface area contributed by atoms with Crippen molar-refractivity contribution in [2.24, 2.45) is 11.7 Å². The fraction of sp³-hybridized carbons (Fsp3) is 0.571. The van der Waals surface area contributed by atoms with Crippen molar-refractivity contribution in [3.63, 3.8) is 0 Å². The number of piperidine rings is 1. The number of ketones is 1. The second kappa shape index (κ2) is 9.62. The lowest BCUT2D eigenvalue weighted by molar-refractivity contribution is -0.134. The molecule has 158 valence electrons. The van der Waals surface area contributed by atoms with Gasteiger partial charge >= 0.3 is 6.03 Å². The zero-order chi connectivity index (χ0) is 20.8. The molecule has 29 heavy (non-hydrogen) atoms. The third-order valence-electron chi connectivity index (χ3n) is 5.47. The molecular formula is C21H29N3O5. The second-order valence-corrected chi connectivity index (χ2v) is 7.53. The van der Waals surface area contributed by atoms with E-state index in [-0.39, 0.29) is 17.6 Å². The standard InChI is InChI=1S/C21H29N3O5/c1-2-3-4-16(23-21(22)27)20(26)24-9-7-14(8-10-24)19(25)15-5-6-17-18(13-15)29-12-11-28-17/h5-6,13-14,16H,2-4,7-12H2,1H3,(H3,22,23,27). The van der Waals surface area contributed by atoms with Crippen molar-refractivity contribution < 1.29 is 23.9 Å². The number of nitrogens with zero attached hydrogens (tertiary/aromatic N) is 1. The molecule has 2 aliphatic heterocycles. The molecule has 8 nitrogen and oxygen atoms in total. The van der Waals surface area contributed by atoms with Gasteiger partial charge in [0.2, 0.25) is 5.91 Å². The number of benzene rings is 1. The maximum absolute atomic E-state index is 12.9. The molecule has 2 heterocycles. The Bertz CT molecular complexity index is 759. The Labute approximate surface area is 170 Å². The van der Waals surface area contributed by atoms with Crippen LogP contribution in [0.1, 0.15) is 49.4 Å². The molecule has 3 N–H and O–H groups in total. The molecule has 0 spiro atoms. The predicted molar refractivity (Wildman–Crippen MR) is 107 cm³/mol. The molecular weight excluding hydrogens is 374 g/mol. The maximum atomic E-state index is 12.9. The van der Waals surface area contributed by atoms with Gasteiger partial charge in [-0.25, -0.2) is 4.79 Å². The van der Waals surface area contributed by atoms with Crippen LogP contribution in [0, 0.1) is 5.92 Å². The van der Waals surface area contributed by atoms with Gasteiger partial charge in [-0.2, -0.15) is 0 Å². The van der Waals surface area contributed by atoms with Crippen LogP contribution in [0.3, 0.4) is 0 Å². The van der Waals surface area contributed by atoms with Crippen molar-refractivity contribution in [3.8, 4) is 11.5 Å². The zero-order valence-electron chi connectivity index (χ0n) is 16.8. The predicted octanol–water partition coefficient (Wildman–Crippen LogP) is 2.11. The molecule has 3 rings (SSSR count). The Hall–Kier alpha value is -2.77. The van der Waals surface area contributed by atoms with Crippen LogP contribution in [-0.2, 0) is 4.79 Å². The Morgan fingerprint density at radius 3 is 2.52 bits per heavy atom. The summed E-state index contributed by atoms with van der Waals surface area (Å²) in [6.45, 7) is 3.99. The summed E-state index contributed by atoms with van der Waals surface area (Å²) >= 11 is 0. The van der Waals surface area contributed by atoms with E-state index in [0.29, 0.717) is 62.6 Å². The molecule has 1 aromatic rings. The number of carbonyl (C=O) groups is 3. The first kappa shape index (κ1) is 21.0. The van der Waals surface area contributed by atoms with Crippen LogP contribution < -0.4 is 20.5 Å². The summed E-state index contributed by atoms with van der Waals surface area (Å²) in [5, 5.41) is 2.56. The van der Waals surface area contributed by atoms with Crippen molar-refractivity contribution >= 4 is 17.7 Å². The molecule has 1 unspecified atom stereocenters. The van der Waals surface area contributed by atoms with E-state index in [9.17, 15) is 14.4 Å². The molecule has 0 bridgehead atoms. The lowest BCUT2D eigenvalue weighted by Gasteiger charge is -2.34. The lowest BCUT2D eigenvalue weighted by atomic mass is 9.88. The van der Waals surface area contributed by atoms with Crippen LogP contribution in [0.2, 0.25) is 0 Å². The van der Waals surface area contributed by atoms with E-state index < -0.39 is 12.1 Å². The molecule has 1 aromatic carbocycles. The third kappa shape index (κ3) is 5.19. The first-order valence-electron chi connectivity index (χ1n) is 10.3. The molecule has 0 aromatic heterocycles. The summed E-state index contributed by atoms with van der Waals surface area (Å²) in [4.78, 5) is 38.7. The number of urea groups is 1. The number of hydrogen-bond donors (Lipinski definition) is 2. The van der Waals surface area contributed by atoms with Crippen LogP contribution in [-0.4, -0.2) is 55.0 Å². The van der Waals surface area contributed by atoms with Crippen molar-refractivity contribution in [2.45, 2.75) is 45.1 Å². The van der Waals surface area contributed by atoms with Gasteiger partial charge in [-0.15, -0.1) is 0 Å². The SMILES string of the molecule is CCCCC(NC(N)=O)C(=O)N1CCC(C(=O)c2ccc3c(c2)OCCO3)CC1. The Morgan fingerprint density at radius 2 is 1.86 bits per heavy atom. The van der Waals surface area contributed by atoms with Gasteiger partial charge in [-0.1, -0.05) is 19.8 Å². The van der Waals surface area contributed by atoms with Gasteiger partial charge < -0.3 is 25.4 Å². The number of hydrogen-bond acceptors (Lipinski definition) is 5. The van der Waals surface area contributed by atoms with Crippen LogP contribution in [0.15, 0.2) is 18.2 Å². The van der Waals surface area contributed by atoms with E-state index in [1.807, 2.05) is 6.92 Å². The van der Waals surface area contributed by atoms with Crippen molar-refractivity contribution in [2.75, 3.05) is 26.3 Å². The molecule has 2 aliphatic rings. The summed E-state index contributed by atoms with van der Waals surface area (Å²) in [6.07, 6.45) is 3.51. The maximum Gasteiger partial charge on any atom is 0.312 e. The summed E-state index contributed by atoms with van der Waals surface area (Å²) < 4.78 is 11.1. The van der Waals surface area contributed by atoms with Crippen molar-refractivity contribution in [3.05, 3.63) is 23.8 Å². The molecule has 8 heteroatoms. The summed E-state index contributed by atoms with van der Waals surface area (Å²) in [5.74, 6) is 1.06. The highest BCUT2D eigenvalue weighted by molar-refractivity contribution is 5.98. The van der Waals surface area contributed by atoms with Crippen LogP contribution in [0.5, 0.6) is 11.5 Å². The number of Topliss-reactive ketones (excluding diaryl/α,β-unsaturated/α-hetero) is 1. The molecule has 1 saturated heterocycles. The zero-order valence-corrected chi connectivity index (χ0v) is 16.8. The van der Waals surface area contributed by atoms with Gasteiger partial charge in [0.15, 0.2) is 17.3 Å². The topological polar surface area (TPSA) is 111 Å². The average molecular weight is 403 g/mol. The highest BCUT2D eigenvalue weighted by atomic mass is 16.6. The number of primary amides is 1. The quantitative estimate of drug-likeness (QED) is 0.678. The van der Waals surface area contributed by atoms with Crippen molar-refractivity contribution in [1.29, 1.82) is 0 Å².